The van der Waals surface area contributed by atoms with Crippen LogP contribution in [0.3, 0.4) is 0 Å². The van der Waals surface area contributed by atoms with Gasteiger partial charge in [0.2, 0.25) is 0 Å². The molecule has 0 bridgehead atoms. The lowest BCUT2D eigenvalue weighted by Gasteiger charge is -2.19. The van der Waals surface area contributed by atoms with Gasteiger partial charge in [-0.1, -0.05) is 15.9 Å². The molecule has 0 spiro atoms. The number of benzene rings is 1. The summed E-state index contributed by atoms with van der Waals surface area (Å²) in [5, 5.41) is 3.39. The van der Waals surface area contributed by atoms with E-state index in [1.165, 1.54) is 0 Å². The minimum absolute atomic E-state index is 0.0184. The first-order chi connectivity index (χ1) is 9.69. The highest BCUT2D eigenvalue weighted by molar-refractivity contribution is 9.10. The van der Waals surface area contributed by atoms with Crippen LogP contribution >= 0.6 is 15.9 Å². The van der Waals surface area contributed by atoms with E-state index in [0.717, 1.165) is 9.86 Å². The van der Waals surface area contributed by atoms with Gasteiger partial charge in [-0.15, -0.1) is 0 Å². The molecular formula is C15H17BrN2O3. The third kappa shape index (κ3) is 3.51. The standard InChI is InChI=1S/C15H17BrN2O3/c1-8-10-6-9(16)4-5-11(10)21-14(20)12(8)13(19)18-7-15(2,3)17/h4-6H,7,17H2,1-3H3,(H,18,19). The molecule has 1 aromatic carbocycles. The lowest BCUT2D eigenvalue weighted by Crippen LogP contribution is -2.46. The molecule has 0 aliphatic carbocycles. The Labute approximate surface area is 130 Å². The Bertz CT molecular complexity index is 760. The van der Waals surface area contributed by atoms with E-state index in [1.54, 1.807) is 32.9 Å². The smallest absolute Gasteiger partial charge is 0.349 e. The van der Waals surface area contributed by atoms with Gasteiger partial charge in [0.05, 0.1) is 0 Å². The summed E-state index contributed by atoms with van der Waals surface area (Å²) in [6.07, 6.45) is 0. The Morgan fingerprint density at radius 1 is 1.43 bits per heavy atom. The van der Waals surface area contributed by atoms with Gasteiger partial charge in [0.25, 0.3) is 5.91 Å². The third-order valence-corrected chi connectivity index (χ3v) is 3.55. The van der Waals surface area contributed by atoms with Crippen molar-refractivity contribution in [2.24, 2.45) is 5.73 Å². The molecule has 0 radical (unpaired) electrons. The molecule has 0 aliphatic rings. The number of carbonyl (C=O) groups is 1. The van der Waals surface area contributed by atoms with Crippen molar-refractivity contribution < 1.29 is 9.21 Å². The van der Waals surface area contributed by atoms with E-state index in [2.05, 4.69) is 21.2 Å². The monoisotopic (exact) mass is 352 g/mol. The van der Waals surface area contributed by atoms with E-state index in [1.807, 2.05) is 6.07 Å². The van der Waals surface area contributed by atoms with Gasteiger partial charge < -0.3 is 15.5 Å². The van der Waals surface area contributed by atoms with Crippen molar-refractivity contribution in [2.45, 2.75) is 26.3 Å². The summed E-state index contributed by atoms with van der Waals surface area (Å²) in [4.78, 5) is 24.3. The number of amides is 1. The van der Waals surface area contributed by atoms with Crippen LogP contribution in [0, 0.1) is 6.92 Å². The Balaban J connectivity index is 2.49. The van der Waals surface area contributed by atoms with E-state index in [0.29, 0.717) is 11.1 Å². The molecular weight excluding hydrogens is 336 g/mol. The van der Waals surface area contributed by atoms with Crippen LogP contribution in [0.15, 0.2) is 31.9 Å². The Hall–Kier alpha value is -1.66. The number of hydrogen-bond acceptors (Lipinski definition) is 4. The summed E-state index contributed by atoms with van der Waals surface area (Å²) in [5.74, 6) is -0.471. The number of nitrogens with two attached hydrogens (primary N) is 1. The lowest BCUT2D eigenvalue weighted by molar-refractivity contribution is 0.0942. The van der Waals surface area contributed by atoms with Gasteiger partial charge in [-0.3, -0.25) is 4.79 Å². The quantitative estimate of drug-likeness (QED) is 0.830. The molecule has 2 rings (SSSR count). The molecule has 2 aromatic rings. The number of aryl methyl sites for hydroxylation is 1. The molecule has 3 N–H and O–H groups in total. The van der Waals surface area contributed by atoms with Crippen molar-refractivity contribution in [1.82, 2.24) is 5.32 Å². The van der Waals surface area contributed by atoms with Crippen molar-refractivity contribution in [1.29, 1.82) is 0 Å². The van der Waals surface area contributed by atoms with Crippen molar-refractivity contribution in [2.75, 3.05) is 6.54 Å². The lowest BCUT2D eigenvalue weighted by atomic mass is 10.0. The number of rotatable bonds is 3. The van der Waals surface area contributed by atoms with E-state index in [9.17, 15) is 9.59 Å². The van der Waals surface area contributed by atoms with Crippen LogP contribution in [0.25, 0.3) is 11.0 Å². The first kappa shape index (κ1) is 15.7. The second kappa shape index (κ2) is 5.61. The maximum absolute atomic E-state index is 12.2. The zero-order chi connectivity index (χ0) is 15.8. The number of nitrogens with one attached hydrogen (secondary N) is 1. The predicted molar refractivity (Wildman–Crippen MR) is 85.5 cm³/mol. The van der Waals surface area contributed by atoms with Crippen LogP contribution in [0.5, 0.6) is 0 Å². The molecule has 0 saturated heterocycles. The fourth-order valence-corrected chi connectivity index (χ4v) is 2.34. The van der Waals surface area contributed by atoms with E-state index < -0.39 is 17.1 Å². The molecule has 0 saturated carbocycles. The van der Waals surface area contributed by atoms with Crippen molar-refractivity contribution in [3.63, 3.8) is 0 Å². The van der Waals surface area contributed by atoms with Crippen LogP contribution in [-0.4, -0.2) is 18.0 Å². The summed E-state index contributed by atoms with van der Waals surface area (Å²) in [6.45, 7) is 5.58. The molecule has 1 aromatic heterocycles. The highest BCUT2D eigenvalue weighted by Crippen LogP contribution is 2.23. The SMILES string of the molecule is Cc1c(C(=O)NCC(C)(C)N)c(=O)oc2ccc(Br)cc12. The topological polar surface area (TPSA) is 85.3 Å². The molecule has 0 fully saturated rings. The summed E-state index contributed by atoms with van der Waals surface area (Å²) >= 11 is 3.37. The average molecular weight is 353 g/mol. The van der Waals surface area contributed by atoms with Gasteiger partial charge >= 0.3 is 5.63 Å². The summed E-state index contributed by atoms with van der Waals surface area (Å²) < 4.78 is 6.06. The zero-order valence-electron chi connectivity index (χ0n) is 12.1. The molecule has 21 heavy (non-hydrogen) atoms. The summed E-state index contributed by atoms with van der Waals surface area (Å²) in [7, 11) is 0. The predicted octanol–water partition coefficient (Wildman–Crippen LogP) is 2.33. The van der Waals surface area contributed by atoms with Crippen LogP contribution < -0.4 is 16.7 Å². The summed E-state index contributed by atoms with van der Waals surface area (Å²) in [6, 6.07) is 5.29. The van der Waals surface area contributed by atoms with Gasteiger partial charge in [0.1, 0.15) is 11.1 Å². The van der Waals surface area contributed by atoms with E-state index in [4.69, 9.17) is 10.2 Å². The molecule has 0 atom stereocenters. The maximum Gasteiger partial charge on any atom is 0.349 e. The Kier molecular flexibility index (Phi) is 4.20. The normalized spacial score (nSPS) is 11.7. The summed E-state index contributed by atoms with van der Waals surface area (Å²) in [5.41, 5.74) is 5.70. The second-order valence-electron chi connectivity index (χ2n) is 5.70. The Morgan fingerprint density at radius 2 is 2.10 bits per heavy atom. The van der Waals surface area contributed by atoms with E-state index in [-0.39, 0.29) is 12.1 Å². The molecule has 5 nitrogen and oxygen atoms in total. The van der Waals surface area contributed by atoms with Gasteiger partial charge in [-0.25, -0.2) is 4.79 Å². The molecule has 1 heterocycles. The minimum atomic E-state index is -0.644. The van der Waals surface area contributed by atoms with Crippen molar-refractivity contribution >= 4 is 32.8 Å². The number of hydrogen-bond donors (Lipinski definition) is 2. The largest absolute Gasteiger partial charge is 0.422 e. The molecule has 112 valence electrons. The van der Waals surface area contributed by atoms with Gasteiger partial charge in [-0.2, -0.15) is 0 Å². The van der Waals surface area contributed by atoms with Gasteiger partial charge in [0.15, 0.2) is 0 Å². The number of carbonyl (C=O) groups excluding carboxylic acids is 1. The molecule has 0 unspecified atom stereocenters. The van der Waals surface area contributed by atoms with Crippen LogP contribution in [0.1, 0.15) is 29.8 Å². The van der Waals surface area contributed by atoms with Crippen LogP contribution in [-0.2, 0) is 0 Å². The van der Waals surface area contributed by atoms with Crippen molar-refractivity contribution in [3.05, 3.63) is 44.2 Å². The third-order valence-electron chi connectivity index (χ3n) is 3.06. The highest BCUT2D eigenvalue weighted by Gasteiger charge is 2.20. The molecule has 0 aliphatic heterocycles. The fraction of sp³-hybridized carbons (Fsp3) is 0.333. The van der Waals surface area contributed by atoms with Crippen LogP contribution in [0.4, 0.5) is 0 Å². The second-order valence-corrected chi connectivity index (χ2v) is 6.62. The highest BCUT2D eigenvalue weighted by atomic mass is 79.9. The van der Waals surface area contributed by atoms with E-state index >= 15 is 0 Å². The first-order valence-electron chi connectivity index (χ1n) is 6.49. The fourth-order valence-electron chi connectivity index (χ4n) is 1.98. The molecule has 1 amide bonds. The first-order valence-corrected chi connectivity index (χ1v) is 7.28. The zero-order valence-corrected chi connectivity index (χ0v) is 13.7. The maximum atomic E-state index is 12.2. The van der Waals surface area contributed by atoms with Gasteiger partial charge in [0, 0.05) is 21.9 Å². The average Bonchev–Trinajstić information content (AvgIpc) is 2.37. The number of halogens is 1. The van der Waals surface area contributed by atoms with Crippen LogP contribution in [0.2, 0.25) is 0 Å². The number of fused-ring (bicyclic) bond motifs is 1. The van der Waals surface area contributed by atoms with Gasteiger partial charge in [-0.05, 0) is 44.5 Å². The minimum Gasteiger partial charge on any atom is -0.422 e. The van der Waals surface area contributed by atoms with Crippen molar-refractivity contribution in [3.8, 4) is 0 Å². The molecule has 6 heteroatoms. The Morgan fingerprint density at radius 3 is 2.71 bits per heavy atom.